The van der Waals surface area contributed by atoms with E-state index in [1.54, 1.807) is 25.1 Å². The number of rotatable bonds is 3. The van der Waals surface area contributed by atoms with Gasteiger partial charge in [-0.1, -0.05) is 62.2 Å². The monoisotopic (exact) mass is 473 g/mol. The largest absolute Gasteiger partial charge is 0.347 e. The maximum Gasteiger partial charge on any atom is 0.239 e. The Morgan fingerprint density at radius 2 is 1.69 bits per heavy atom. The summed E-state index contributed by atoms with van der Waals surface area (Å²) in [4.78, 5) is 28.9. The van der Waals surface area contributed by atoms with Gasteiger partial charge in [0.15, 0.2) is 0 Å². The Balaban J connectivity index is 1.98. The van der Waals surface area contributed by atoms with E-state index in [1.807, 2.05) is 36.4 Å². The van der Waals surface area contributed by atoms with Crippen LogP contribution in [0.1, 0.15) is 44.4 Å². The maximum absolute atomic E-state index is 13.9. The van der Waals surface area contributed by atoms with Gasteiger partial charge in [-0.25, -0.2) is 0 Å². The summed E-state index contributed by atoms with van der Waals surface area (Å²) in [5.74, 6) is -0.406. The van der Waals surface area contributed by atoms with Gasteiger partial charge < -0.3 is 10.2 Å². The standard InChI is InChI=1S/C25H29Cl2N3O2/c1-24(2,3)13-18-20(22(31)30(4)5)29-21(14-6-8-15(26)9-7-14)25(18)17-11-10-16(27)12-19(17)28-23(25)32/h6-12,18,20-21,29H,13H2,1-5H3,(H,28,32)/t18-,20+,21-,25+/m0/s1. The Labute approximate surface area is 199 Å². The number of amides is 2. The van der Waals surface area contributed by atoms with Crippen molar-refractivity contribution < 1.29 is 9.59 Å². The molecular weight excluding hydrogens is 445 g/mol. The molecule has 0 saturated carbocycles. The van der Waals surface area contributed by atoms with E-state index in [-0.39, 0.29) is 23.1 Å². The normalized spacial score (nSPS) is 26.8. The lowest BCUT2D eigenvalue weighted by molar-refractivity contribution is -0.132. The molecule has 4 atom stereocenters. The van der Waals surface area contributed by atoms with Crippen molar-refractivity contribution in [2.75, 3.05) is 19.4 Å². The molecule has 2 N–H and O–H groups in total. The first-order valence-corrected chi connectivity index (χ1v) is 11.5. The molecule has 1 saturated heterocycles. The molecule has 1 spiro atoms. The molecule has 0 radical (unpaired) electrons. The van der Waals surface area contributed by atoms with Crippen molar-refractivity contribution in [2.24, 2.45) is 11.3 Å². The molecule has 7 heteroatoms. The van der Waals surface area contributed by atoms with Crippen LogP contribution in [-0.2, 0) is 15.0 Å². The van der Waals surface area contributed by atoms with Crippen LogP contribution in [0.2, 0.25) is 10.0 Å². The Morgan fingerprint density at radius 3 is 2.28 bits per heavy atom. The number of anilines is 1. The van der Waals surface area contributed by atoms with Crippen LogP contribution in [0.5, 0.6) is 0 Å². The first kappa shape index (κ1) is 23.1. The lowest BCUT2D eigenvalue weighted by Gasteiger charge is -2.38. The van der Waals surface area contributed by atoms with Gasteiger partial charge >= 0.3 is 0 Å². The summed E-state index contributed by atoms with van der Waals surface area (Å²) < 4.78 is 0. The van der Waals surface area contributed by atoms with Gasteiger partial charge in [0, 0.05) is 35.7 Å². The van der Waals surface area contributed by atoms with Crippen molar-refractivity contribution in [3.63, 3.8) is 0 Å². The van der Waals surface area contributed by atoms with Crippen molar-refractivity contribution >= 4 is 40.7 Å². The second kappa shape index (κ2) is 8.05. The van der Waals surface area contributed by atoms with Crippen LogP contribution >= 0.6 is 23.2 Å². The molecule has 1 fully saturated rings. The fraction of sp³-hybridized carbons (Fsp3) is 0.440. The second-order valence-corrected chi connectivity index (χ2v) is 11.1. The summed E-state index contributed by atoms with van der Waals surface area (Å²) in [6, 6.07) is 12.1. The predicted octanol–water partition coefficient (Wildman–Crippen LogP) is 5.04. The third kappa shape index (κ3) is 3.70. The minimum absolute atomic E-state index is 0.0368. The number of benzene rings is 2. The third-order valence-corrected chi connectivity index (χ3v) is 7.07. The van der Waals surface area contributed by atoms with E-state index in [9.17, 15) is 9.59 Å². The zero-order valence-electron chi connectivity index (χ0n) is 19.0. The molecule has 2 aromatic rings. The van der Waals surface area contributed by atoms with Crippen LogP contribution in [0.3, 0.4) is 0 Å². The number of nitrogens with zero attached hydrogens (tertiary/aromatic N) is 1. The molecule has 2 aromatic carbocycles. The van der Waals surface area contributed by atoms with Gasteiger partial charge in [-0.15, -0.1) is 0 Å². The van der Waals surface area contributed by atoms with Crippen molar-refractivity contribution in [1.82, 2.24) is 10.2 Å². The highest BCUT2D eigenvalue weighted by Crippen LogP contribution is 2.58. The average molecular weight is 474 g/mol. The molecule has 0 bridgehead atoms. The second-order valence-electron chi connectivity index (χ2n) is 10.2. The minimum Gasteiger partial charge on any atom is -0.347 e. The van der Waals surface area contributed by atoms with Crippen LogP contribution in [0.25, 0.3) is 0 Å². The van der Waals surface area contributed by atoms with Gasteiger partial charge in [-0.2, -0.15) is 0 Å². The molecule has 170 valence electrons. The van der Waals surface area contributed by atoms with E-state index in [1.165, 1.54) is 0 Å². The van der Waals surface area contributed by atoms with Crippen molar-refractivity contribution in [1.29, 1.82) is 0 Å². The molecule has 2 aliphatic rings. The lowest BCUT2D eigenvalue weighted by Crippen LogP contribution is -2.48. The van der Waals surface area contributed by atoms with Gasteiger partial charge in [-0.3, -0.25) is 14.9 Å². The highest BCUT2D eigenvalue weighted by Gasteiger charge is 2.65. The fourth-order valence-corrected chi connectivity index (χ4v) is 5.66. The van der Waals surface area contributed by atoms with Gasteiger partial charge in [0.25, 0.3) is 0 Å². The molecule has 2 heterocycles. The number of hydrogen-bond donors (Lipinski definition) is 2. The van der Waals surface area contributed by atoms with E-state index >= 15 is 0 Å². The van der Waals surface area contributed by atoms with Crippen LogP contribution in [0.15, 0.2) is 42.5 Å². The summed E-state index contributed by atoms with van der Waals surface area (Å²) in [6.07, 6.45) is 0.684. The van der Waals surface area contributed by atoms with E-state index in [0.29, 0.717) is 22.2 Å². The van der Waals surface area contributed by atoms with Gasteiger partial charge in [-0.05, 0) is 47.2 Å². The van der Waals surface area contributed by atoms with Gasteiger partial charge in [0.1, 0.15) is 5.41 Å². The molecule has 4 rings (SSSR count). The number of likely N-dealkylation sites (N-methyl/N-ethyl adjacent to an activating group) is 1. The van der Waals surface area contributed by atoms with E-state index in [4.69, 9.17) is 23.2 Å². The Hall–Kier alpha value is -2.08. The van der Waals surface area contributed by atoms with Crippen molar-refractivity contribution in [2.45, 2.75) is 44.7 Å². The Kier molecular flexibility index (Phi) is 5.81. The number of halogens is 2. The number of fused-ring (bicyclic) bond motifs is 2. The third-order valence-electron chi connectivity index (χ3n) is 6.58. The molecule has 5 nitrogen and oxygen atoms in total. The predicted molar refractivity (Wildman–Crippen MR) is 129 cm³/mol. The molecule has 0 aromatic heterocycles. The van der Waals surface area contributed by atoms with Crippen LogP contribution in [0.4, 0.5) is 5.69 Å². The van der Waals surface area contributed by atoms with E-state index < -0.39 is 17.5 Å². The zero-order chi connectivity index (χ0) is 23.4. The fourth-order valence-electron chi connectivity index (χ4n) is 5.36. The zero-order valence-corrected chi connectivity index (χ0v) is 20.5. The molecule has 2 aliphatic heterocycles. The summed E-state index contributed by atoms with van der Waals surface area (Å²) in [5, 5.41) is 7.82. The molecule has 0 aliphatic carbocycles. The molecule has 2 amide bonds. The maximum atomic E-state index is 13.9. The lowest BCUT2D eigenvalue weighted by atomic mass is 9.62. The summed E-state index contributed by atoms with van der Waals surface area (Å²) in [6.45, 7) is 6.43. The van der Waals surface area contributed by atoms with Gasteiger partial charge in [0.05, 0.1) is 12.1 Å². The highest BCUT2D eigenvalue weighted by atomic mass is 35.5. The number of carbonyl (C=O) groups excluding carboxylic acids is 2. The van der Waals surface area contributed by atoms with Crippen molar-refractivity contribution in [3.8, 4) is 0 Å². The van der Waals surface area contributed by atoms with Crippen LogP contribution in [-0.4, -0.2) is 36.9 Å². The van der Waals surface area contributed by atoms with Crippen molar-refractivity contribution in [3.05, 3.63) is 63.6 Å². The SMILES string of the molecule is CN(C)C(=O)[C@@H]1N[C@@H](c2ccc(Cl)cc2)[C@]2(C(=O)Nc3cc(Cl)ccc32)[C@H]1CC(C)(C)C. The van der Waals surface area contributed by atoms with Gasteiger partial charge in [0.2, 0.25) is 11.8 Å². The summed E-state index contributed by atoms with van der Waals surface area (Å²) in [5.41, 5.74) is 1.44. The Bertz CT molecular complexity index is 1060. The van der Waals surface area contributed by atoms with Crippen LogP contribution in [0, 0.1) is 11.3 Å². The summed E-state index contributed by atoms with van der Waals surface area (Å²) >= 11 is 12.4. The topological polar surface area (TPSA) is 61.4 Å². The Morgan fingerprint density at radius 1 is 1.06 bits per heavy atom. The molecular formula is C25H29Cl2N3O2. The quantitative estimate of drug-likeness (QED) is 0.656. The number of carbonyl (C=O) groups is 2. The van der Waals surface area contributed by atoms with E-state index in [2.05, 4.69) is 31.4 Å². The average Bonchev–Trinajstić information content (AvgIpc) is 3.16. The molecule has 32 heavy (non-hydrogen) atoms. The molecule has 0 unspecified atom stereocenters. The number of nitrogens with one attached hydrogen (secondary N) is 2. The minimum atomic E-state index is -0.961. The van der Waals surface area contributed by atoms with E-state index in [0.717, 1.165) is 11.1 Å². The first-order chi connectivity index (χ1) is 14.9. The number of hydrogen-bond acceptors (Lipinski definition) is 3. The highest BCUT2D eigenvalue weighted by molar-refractivity contribution is 6.31. The van der Waals surface area contributed by atoms with Crippen LogP contribution < -0.4 is 10.6 Å². The first-order valence-electron chi connectivity index (χ1n) is 10.8. The smallest absolute Gasteiger partial charge is 0.239 e. The summed E-state index contributed by atoms with van der Waals surface area (Å²) in [7, 11) is 3.51.